The van der Waals surface area contributed by atoms with Crippen molar-refractivity contribution in [1.29, 1.82) is 0 Å². The molecule has 0 bridgehead atoms. The summed E-state index contributed by atoms with van der Waals surface area (Å²) < 4.78 is 0. The Morgan fingerprint density at radius 1 is 1.04 bits per heavy atom. The van der Waals surface area contributed by atoms with Gasteiger partial charge in [-0.15, -0.1) is 0 Å². The Kier molecular flexibility index (Phi) is 5.48. The molecule has 1 aromatic rings. The van der Waals surface area contributed by atoms with Crippen LogP contribution in [0.5, 0.6) is 0 Å². The van der Waals surface area contributed by atoms with Crippen LogP contribution in [-0.4, -0.2) is 71.0 Å². The quantitative estimate of drug-likeness (QED) is 0.870. The molecule has 1 atom stereocenters. The van der Waals surface area contributed by atoms with E-state index >= 15 is 0 Å². The number of anilines is 2. The van der Waals surface area contributed by atoms with Crippen LogP contribution in [0.4, 0.5) is 11.8 Å². The van der Waals surface area contributed by atoms with Crippen LogP contribution >= 0.6 is 0 Å². The van der Waals surface area contributed by atoms with Gasteiger partial charge in [-0.2, -0.15) is 4.98 Å². The van der Waals surface area contributed by atoms with Crippen molar-refractivity contribution in [2.75, 3.05) is 49.9 Å². The van der Waals surface area contributed by atoms with Gasteiger partial charge in [-0.25, -0.2) is 4.98 Å². The van der Waals surface area contributed by atoms with E-state index in [1.807, 2.05) is 13.0 Å². The molecule has 1 amide bonds. The van der Waals surface area contributed by atoms with E-state index in [0.29, 0.717) is 17.9 Å². The summed E-state index contributed by atoms with van der Waals surface area (Å²) in [5.41, 5.74) is 6.73. The Bertz CT molecular complexity index is 646. The Balaban J connectivity index is 1.33. The van der Waals surface area contributed by atoms with Crippen molar-refractivity contribution in [1.82, 2.24) is 19.8 Å². The molecule has 0 saturated carbocycles. The topological polar surface area (TPSA) is 78.6 Å². The van der Waals surface area contributed by atoms with Crippen LogP contribution in [0.15, 0.2) is 6.07 Å². The number of piperidine rings is 2. The fourth-order valence-electron chi connectivity index (χ4n) is 4.93. The van der Waals surface area contributed by atoms with Gasteiger partial charge in [0.05, 0.1) is 5.92 Å². The number of nitrogens with two attached hydrogens (primary N) is 1. The van der Waals surface area contributed by atoms with E-state index in [1.54, 1.807) is 0 Å². The summed E-state index contributed by atoms with van der Waals surface area (Å²) in [5.74, 6) is 1.91. The summed E-state index contributed by atoms with van der Waals surface area (Å²) in [5, 5.41) is 0. The first kappa shape index (κ1) is 18.5. The molecule has 7 heteroatoms. The largest absolute Gasteiger partial charge is 0.368 e. The minimum atomic E-state index is 0.208. The molecule has 3 aliphatic heterocycles. The highest BCUT2D eigenvalue weighted by Crippen LogP contribution is 2.27. The highest BCUT2D eigenvalue weighted by atomic mass is 16.2. The van der Waals surface area contributed by atoms with E-state index in [-0.39, 0.29) is 5.92 Å². The second-order valence-electron chi connectivity index (χ2n) is 8.31. The average molecular weight is 373 g/mol. The molecular weight excluding hydrogens is 340 g/mol. The molecule has 148 valence electrons. The zero-order chi connectivity index (χ0) is 18.8. The first-order chi connectivity index (χ1) is 13.1. The van der Waals surface area contributed by atoms with Crippen molar-refractivity contribution in [2.45, 2.75) is 51.5 Å². The SMILES string of the molecule is Cc1cc(N2CCC(N3CCC[C@@H](C(=O)N4CCCC4)C3)CC2)nc(N)n1. The summed E-state index contributed by atoms with van der Waals surface area (Å²) in [7, 11) is 0. The predicted octanol–water partition coefficient (Wildman–Crippen LogP) is 1.67. The zero-order valence-electron chi connectivity index (χ0n) is 16.4. The molecule has 7 nitrogen and oxygen atoms in total. The van der Waals surface area contributed by atoms with Gasteiger partial charge in [0.15, 0.2) is 0 Å². The third-order valence-corrected chi connectivity index (χ3v) is 6.38. The summed E-state index contributed by atoms with van der Waals surface area (Å²) in [6.45, 7) is 7.95. The van der Waals surface area contributed by atoms with Gasteiger partial charge in [0.2, 0.25) is 11.9 Å². The van der Waals surface area contributed by atoms with Gasteiger partial charge < -0.3 is 15.5 Å². The van der Waals surface area contributed by atoms with Crippen molar-refractivity contribution in [3.8, 4) is 0 Å². The summed E-state index contributed by atoms with van der Waals surface area (Å²) in [6, 6.07) is 2.60. The molecule has 1 aromatic heterocycles. The van der Waals surface area contributed by atoms with E-state index in [9.17, 15) is 4.79 Å². The minimum Gasteiger partial charge on any atom is -0.368 e. The minimum absolute atomic E-state index is 0.208. The lowest BCUT2D eigenvalue weighted by Gasteiger charge is -2.42. The van der Waals surface area contributed by atoms with E-state index < -0.39 is 0 Å². The van der Waals surface area contributed by atoms with E-state index in [4.69, 9.17) is 5.73 Å². The lowest BCUT2D eigenvalue weighted by molar-refractivity contribution is -0.136. The van der Waals surface area contributed by atoms with Gasteiger partial charge in [-0.1, -0.05) is 0 Å². The van der Waals surface area contributed by atoms with Crippen LogP contribution < -0.4 is 10.6 Å². The number of nitrogen functional groups attached to an aromatic ring is 1. The molecule has 3 aliphatic rings. The summed E-state index contributed by atoms with van der Waals surface area (Å²) in [6.07, 6.45) is 6.79. The maximum atomic E-state index is 12.8. The van der Waals surface area contributed by atoms with Gasteiger partial charge in [-0.05, 0) is 52.0 Å². The highest BCUT2D eigenvalue weighted by Gasteiger charge is 2.34. The first-order valence-electron chi connectivity index (χ1n) is 10.5. The van der Waals surface area contributed by atoms with Crippen LogP contribution in [0.1, 0.15) is 44.2 Å². The van der Waals surface area contributed by atoms with Crippen molar-refractivity contribution < 1.29 is 4.79 Å². The standard InChI is InChI=1S/C20H32N6O/c1-15-13-18(23-20(21)22-15)24-11-6-17(7-12-24)26-10-4-5-16(14-26)19(27)25-8-2-3-9-25/h13,16-17H,2-12,14H2,1H3,(H2,21,22,23)/t16-/m1/s1. The first-order valence-corrected chi connectivity index (χ1v) is 10.5. The molecule has 4 rings (SSSR count). The molecule has 0 unspecified atom stereocenters. The number of rotatable bonds is 3. The Labute approximate surface area is 161 Å². The molecule has 0 aliphatic carbocycles. The molecule has 3 saturated heterocycles. The highest BCUT2D eigenvalue weighted by molar-refractivity contribution is 5.79. The molecular formula is C20H32N6O. The fourth-order valence-corrected chi connectivity index (χ4v) is 4.93. The maximum absolute atomic E-state index is 12.8. The van der Waals surface area contributed by atoms with E-state index in [0.717, 1.165) is 76.5 Å². The Hall–Kier alpha value is -1.89. The number of aryl methyl sites for hydroxylation is 1. The second kappa shape index (κ2) is 8.00. The fraction of sp³-hybridized carbons (Fsp3) is 0.750. The molecule has 3 fully saturated rings. The second-order valence-corrected chi connectivity index (χ2v) is 8.31. The Morgan fingerprint density at radius 3 is 2.48 bits per heavy atom. The number of aromatic nitrogens is 2. The van der Waals surface area contributed by atoms with Crippen LogP contribution in [-0.2, 0) is 4.79 Å². The van der Waals surface area contributed by atoms with Gasteiger partial charge in [0, 0.05) is 50.5 Å². The smallest absolute Gasteiger partial charge is 0.226 e. The van der Waals surface area contributed by atoms with Crippen molar-refractivity contribution in [3.05, 3.63) is 11.8 Å². The molecule has 4 heterocycles. The van der Waals surface area contributed by atoms with Crippen LogP contribution in [0.3, 0.4) is 0 Å². The molecule has 0 spiro atoms. The lowest BCUT2D eigenvalue weighted by Crippen LogP contribution is -2.51. The number of amides is 1. The number of nitrogens with zero attached hydrogens (tertiary/aromatic N) is 5. The van der Waals surface area contributed by atoms with Gasteiger partial charge in [0.1, 0.15) is 5.82 Å². The number of hydrogen-bond donors (Lipinski definition) is 1. The van der Waals surface area contributed by atoms with Gasteiger partial charge in [0.25, 0.3) is 0 Å². The molecule has 0 radical (unpaired) electrons. The zero-order valence-corrected chi connectivity index (χ0v) is 16.4. The van der Waals surface area contributed by atoms with Gasteiger partial charge >= 0.3 is 0 Å². The third-order valence-electron chi connectivity index (χ3n) is 6.38. The number of carbonyl (C=O) groups excluding carboxylic acids is 1. The van der Waals surface area contributed by atoms with Gasteiger partial charge in [-0.3, -0.25) is 9.69 Å². The van der Waals surface area contributed by atoms with Crippen LogP contribution in [0.2, 0.25) is 0 Å². The summed E-state index contributed by atoms with van der Waals surface area (Å²) >= 11 is 0. The molecule has 27 heavy (non-hydrogen) atoms. The monoisotopic (exact) mass is 372 g/mol. The third kappa shape index (κ3) is 4.18. The molecule has 2 N–H and O–H groups in total. The van der Waals surface area contributed by atoms with E-state index in [2.05, 4.69) is 24.7 Å². The normalized spacial score (nSPS) is 25.1. The van der Waals surface area contributed by atoms with Crippen LogP contribution in [0.25, 0.3) is 0 Å². The van der Waals surface area contributed by atoms with Crippen LogP contribution in [0, 0.1) is 12.8 Å². The Morgan fingerprint density at radius 2 is 1.78 bits per heavy atom. The van der Waals surface area contributed by atoms with Crippen molar-refractivity contribution in [3.63, 3.8) is 0 Å². The number of carbonyl (C=O) groups is 1. The lowest BCUT2D eigenvalue weighted by atomic mass is 9.93. The van der Waals surface area contributed by atoms with Crippen molar-refractivity contribution in [2.24, 2.45) is 5.92 Å². The van der Waals surface area contributed by atoms with Crippen molar-refractivity contribution >= 4 is 17.7 Å². The van der Waals surface area contributed by atoms with E-state index in [1.165, 1.54) is 12.8 Å². The number of hydrogen-bond acceptors (Lipinski definition) is 6. The average Bonchev–Trinajstić information content (AvgIpc) is 3.22. The summed E-state index contributed by atoms with van der Waals surface area (Å²) in [4.78, 5) is 28.4. The predicted molar refractivity (Wildman–Crippen MR) is 107 cm³/mol. The maximum Gasteiger partial charge on any atom is 0.226 e. The number of likely N-dealkylation sites (tertiary alicyclic amines) is 2. The molecule has 0 aromatic carbocycles.